The number of amides is 1. The number of rotatable bonds is 8. The standard InChI is InChI=1S/C12H24N2O3/c1-16-6-7-17-8-11(15)14-10-12(9-13)4-2-3-5-12/h2-10,13H2,1H3,(H,14,15). The first-order valence-electron chi connectivity index (χ1n) is 6.26. The van der Waals surface area contributed by atoms with Crippen molar-refractivity contribution >= 4 is 5.91 Å². The van der Waals surface area contributed by atoms with Gasteiger partial charge < -0.3 is 20.5 Å². The average molecular weight is 244 g/mol. The van der Waals surface area contributed by atoms with E-state index in [2.05, 4.69) is 5.32 Å². The highest BCUT2D eigenvalue weighted by molar-refractivity contribution is 5.77. The van der Waals surface area contributed by atoms with E-state index in [0.29, 0.717) is 26.3 Å². The Balaban J connectivity index is 2.14. The Bertz CT molecular complexity index is 228. The molecule has 0 atom stereocenters. The summed E-state index contributed by atoms with van der Waals surface area (Å²) in [6.45, 7) is 2.39. The van der Waals surface area contributed by atoms with Crippen molar-refractivity contribution < 1.29 is 14.3 Å². The molecule has 1 amide bonds. The van der Waals surface area contributed by atoms with E-state index in [1.165, 1.54) is 12.8 Å². The smallest absolute Gasteiger partial charge is 0.246 e. The summed E-state index contributed by atoms with van der Waals surface area (Å²) in [5, 5.41) is 2.91. The molecule has 0 aromatic carbocycles. The van der Waals surface area contributed by atoms with Crippen molar-refractivity contribution in [1.29, 1.82) is 0 Å². The Hall–Kier alpha value is -0.650. The van der Waals surface area contributed by atoms with Crippen LogP contribution in [0.5, 0.6) is 0 Å². The number of carbonyl (C=O) groups excluding carboxylic acids is 1. The summed E-state index contributed by atoms with van der Waals surface area (Å²) in [6.07, 6.45) is 4.68. The molecular formula is C12H24N2O3. The molecule has 0 heterocycles. The van der Waals surface area contributed by atoms with Gasteiger partial charge in [0.2, 0.25) is 5.91 Å². The zero-order chi connectivity index (χ0) is 12.6. The van der Waals surface area contributed by atoms with Crippen LogP contribution in [0.15, 0.2) is 0 Å². The van der Waals surface area contributed by atoms with Crippen LogP contribution in [0.4, 0.5) is 0 Å². The van der Waals surface area contributed by atoms with Crippen molar-refractivity contribution in [2.24, 2.45) is 11.1 Å². The minimum atomic E-state index is -0.0687. The summed E-state index contributed by atoms with van der Waals surface area (Å²) in [5.74, 6) is -0.0687. The maximum Gasteiger partial charge on any atom is 0.246 e. The molecule has 0 aliphatic heterocycles. The molecule has 0 aromatic heterocycles. The predicted molar refractivity (Wildman–Crippen MR) is 65.7 cm³/mol. The fraction of sp³-hybridized carbons (Fsp3) is 0.917. The third kappa shape index (κ3) is 5.02. The number of nitrogens with one attached hydrogen (secondary N) is 1. The lowest BCUT2D eigenvalue weighted by Gasteiger charge is -2.27. The third-order valence-corrected chi connectivity index (χ3v) is 3.42. The summed E-state index contributed by atoms with van der Waals surface area (Å²) >= 11 is 0. The zero-order valence-electron chi connectivity index (χ0n) is 10.7. The van der Waals surface area contributed by atoms with E-state index in [-0.39, 0.29) is 17.9 Å². The van der Waals surface area contributed by atoms with E-state index < -0.39 is 0 Å². The first-order chi connectivity index (χ1) is 8.22. The van der Waals surface area contributed by atoms with Gasteiger partial charge in [0.15, 0.2) is 0 Å². The van der Waals surface area contributed by atoms with E-state index in [1.807, 2.05) is 0 Å². The first kappa shape index (κ1) is 14.4. The normalized spacial score (nSPS) is 18.2. The lowest BCUT2D eigenvalue weighted by Crippen LogP contribution is -2.41. The Morgan fingerprint density at radius 2 is 2.06 bits per heavy atom. The van der Waals surface area contributed by atoms with E-state index in [9.17, 15) is 4.79 Å². The Morgan fingerprint density at radius 1 is 1.35 bits per heavy atom. The lowest BCUT2D eigenvalue weighted by atomic mass is 9.86. The van der Waals surface area contributed by atoms with E-state index in [0.717, 1.165) is 12.8 Å². The SMILES string of the molecule is COCCOCC(=O)NCC1(CN)CCCC1. The van der Waals surface area contributed by atoms with E-state index in [1.54, 1.807) is 7.11 Å². The van der Waals surface area contributed by atoms with Crippen LogP contribution in [0.25, 0.3) is 0 Å². The highest BCUT2D eigenvalue weighted by Crippen LogP contribution is 2.36. The quantitative estimate of drug-likeness (QED) is 0.602. The minimum absolute atomic E-state index is 0.0687. The molecule has 0 bridgehead atoms. The van der Waals surface area contributed by atoms with Gasteiger partial charge in [0.05, 0.1) is 13.2 Å². The molecule has 3 N–H and O–H groups in total. The van der Waals surface area contributed by atoms with Crippen molar-refractivity contribution in [2.75, 3.05) is 40.0 Å². The largest absolute Gasteiger partial charge is 0.382 e. The van der Waals surface area contributed by atoms with Gasteiger partial charge in [-0.05, 0) is 24.8 Å². The number of nitrogens with two attached hydrogens (primary N) is 1. The van der Waals surface area contributed by atoms with Crippen LogP contribution in [0.3, 0.4) is 0 Å². The third-order valence-electron chi connectivity index (χ3n) is 3.42. The summed E-state index contributed by atoms with van der Waals surface area (Å²) in [7, 11) is 1.61. The van der Waals surface area contributed by atoms with Crippen LogP contribution in [-0.2, 0) is 14.3 Å². The first-order valence-corrected chi connectivity index (χ1v) is 6.26. The van der Waals surface area contributed by atoms with E-state index >= 15 is 0 Å². The maximum absolute atomic E-state index is 11.5. The van der Waals surface area contributed by atoms with Gasteiger partial charge in [-0.1, -0.05) is 12.8 Å². The van der Waals surface area contributed by atoms with Crippen molar-refractivity contribution in [3.63, 3.8) is 0 Å². The topological polar surface area (TPSA) is 73.6 Å². The average Bonchev–Trinajstić information content (AvgIpc) is 2.82. The van der Waals surface area contributed by atoms with Gasteiger partial charge in [-0.3, -0.25) is 4.79 Å². The molecule has 0 aromatic rings. The van der Waals surface area contributed by atoms with Gasteiger partial charge in [-0.15, -0.1) is 0 Å². The highest BCUT2D eigenvalue weighted by atomic mass is 16.5. The number of ether oxygens (including phenoxy) is 2. The zero-order valence-corrected chi connectivity index (χ0v) is 10.7. The van der Waals surface area contributed by atoms with Crippen molar-refractivity contribution in [3.05, 3.63) is 0 Å². The highest BCUT2D eigenvalue weighted by Gasteiger charge is 2.32. The fourth-order valence-electron chi connectivity index (χ4n) is 2.22. The van der Waals surface area contributed by atoms with Crippen molar-refractivity contribution in [3.8, 4) is 0 Å². The second-order valence-corrected chi connectivity index (χ2v) is 4.73. The van der Waals surface area contributed by atoms with Crippen LogP contribution >= 0.6 is 0 Å². The summed E-state index contributed by atoms with van der Waals surface area (Å²) in [4.78, 5) is 11.5. The molecular weight excluding hydrogens is 220 g/mol. The Morgan fingerprint density at radius 3 is 2.65 bits per heavy atom. The summed E-state index contributed by atoms with van der Waals surface area (Å²) in [6, 6.07) is 0. The van der Waals surface area contributed by atoms with Gasteiger partial charge in [-0.2, -0.15) is 0 Å². The van der Waals surface area contributed by atoms with Crippen LogP contribution < -0.4 is 11.1 Å². The number of carbonyl (C=O) groups is 1. The van der Waals surface area contributed by atoms with Gasteiger partial charge in [0.25, 0.3) is 0 Å². The monoisotopic (exact) mass is 244 g/mol. The van der Waals surface area contributed by atoms with Gasteiger partial charge in [-0.25, -0.2) is 0 Å². The predicted octanol–water partition coefficient (Wildman–Crippen LogP) is 0.285. The summed E-state index contributed by atoms with van der Waals surface area (Å²) < 4.78 is 9.97. The van der Waals surface area contributed by atoms with Crippen LogP contribution in [0, 0.1) is 5.41 Å². The van der Waals surface area contributed by atoms with Gasteiger partial charge in [0.1, 0.15) is 6.61 Å². The van der Waals surface area contributed by atoms with Crippen LogP contribution in [0.1, 0.15) is 25.7 Å². The molecule has 1 rings (SSSR count). The fourth-order valence-corrected chi connectivity index (χ4v) is 2.22. The molecule has 0 radical (unpaired) electrons. The number of methoxy groups -OCH3 is 1. The molecule has 0 spiro atoms. The van der Waals surface area contributed by atoms with E-state index in [4.69, 9.17) is 15.2 Å². The Kier molecular flexibility index (Phi) is 6.47. The van der Waals surface area contributed by atoms with Gasteiger partial charge in [0, 0.05) is 13.7 Å². The molecule has 0 saturated heterocycles. The second-order valence-electron chi connectivity index (χ2n) is 4.73. The van der Waals surface area contributed by atoms with Gasteiger partial charge >= 0.3 is 0 Å². The molecule has 100 valence electrons. The number of hydrogen-bond donors (Lipinski definition) is 2. The molecule has 17 heavy (non-hydrogen) atoms. The number of hydrogen-bond acceptors (Lipinski definition) is 4. The molecule has 1 aliphatic carbocycles. The maximum atomic E-state index is 11.5. The van der Waals surface area contributed by atoms with Crippen molar-refractivity contribution in [1.82, 2.24) is 5.32 Å². The van der Waals surface area contributed by atoms with Crippen LogP contribution in [0.2, 0.25) is 0 Å². The Labute approximate surface area is 103 Å². The van der Waals surface area contributed by atoms with Crippen molar-refractivity contribution in [2.45, 2.75) is 25.7 Å². The molecule has 5 nitrogen and oxygen atoms in total. The lowest BCUT2D eigenvalue weighted by molar-refractivity contribution is -0.126. The molecule has 5 heteroatoms. The minimum Gasteiger partial charge on any atom is -0.382 e. The van der Waals surface area contributed by atoms with Crippen LogP contribution in [-0.4, -0.2) is 45.9 Å². The molecule has 0 unspecified atom stereocenters. The second kappa shape index (κ2) is 7.63. The summed E-state index contributed by atoms with van der Waals surface area (Å²) in [5.41, 5.74) is 5.92. The molecule has 1 saturated carbocycles. The molecule has 1 fully saturated rings. The molecule has 1 aliphatic rings.